The van der Waals surface area contributed by atoms with Gasteiger partial charge in [-0.1, -0.05) is 13.8 Å². The van der Waals surface area contributed by atoms with Gasteiger partial charge in [0.2, 0.25) is 5.91 Å². The third-order valence-corrected chi connectivity index (χ3v) is 4.33. The van der Waals surface area contributed by atoms with E-state index in [9.17, 15) is 4.79 Å². The SMILES string of the molecule is CC(C)C1NC2(CC2)C(=O)N1C1CCOCC1. The molecule has 0 aromatic carbocycles. The molecule has 3 rings (SSSR count). The molecule has 1 saturated carbocycles. The number of nitrogens with zero attached hydrogens (tertiary/aromatic N) is 1. The lowest BCUT2D eigenvalue weighted by Crippen LogP contribution is -2.49. The number of carbonyl (C=O) groups is 1. The lowest BCUT2D eigenvalue weighted by Gasteiger charge is -2.36. The Morgan fingerprint density at radius 2 is 2.00 bits per heavy atom. The van der Waals surface area contributed by atoms with Gasteiger partial charge < -0.3 is 9.64 Å². The van der Waals surface area contributed by atoms with Crippen LogP contribution in [0.2, 0.25) is 0 Å². The molecule has 1 unspecified atom stereocenters. The maximum atomic E-state index is 12.5. The van der Waals surface area contributed by atoms with Crippen molar-refractivity contribution in [2.45, 2.75) is 57.3 Å². The van der Waals surface area contributed by atoms with Crippen molar-refractivity contribution in [2.24, 2.45) is 5.92 Å². The van der Waals surface area contributed by atoms with Crippen molar-refractivity contribution < 1.29 is 9.53 Å². The molecule has 2 heterocycles. The first-order chi connectivity index (χ1) is 8.14. The third kappa shape index (κ3) is 1.78. The summed E-state index contributed by atoms with van der Waals surface area (Å²) < 4.78 is 5.40. The summed E-state index contributed by atoms with van der Waals surface area (Å²) in [6.45, 7) is 5.98. The minimum Gasteiger partial charge on any atom is -0.381 e. The van der Waals surface area contributed by atoms with E-state index in [2.05, 4.69) is 24.1 Å². The van der Waals surface area contributed by atoms with E-state index in [0.717, 1.165) is 38.9 Å². The maximum absolute atomic E-state index is 12.5. The molecule has 0 aromatic rings. The number of ether oxygens (including phenoxy) is 1. The second kappa shape index (κ2) is 3.95. The Balaban J connectivity index is 1.81. The van der Waals surface area contributed by atoms with Gasteiger partial charge in [-0.2, -0.15) is 0 Å². The third-order valence-electron chi connectivity index (χ3n) is 4.33. The van der Waals surface area contributed by atoms with Crippen LogP contribution in [0.1, 0.15) is 39.5 Å². The fraction of sp³-hybridized carbons (Fsp3) is 0.923. The minimum absolute atomic E-state index is 0.173. The number of hydrogen-bond donors (Lipinski definition) is 1. The molecular weight excluding hydrogens is 216 g/mol. The summed E-state index contributed by atoms with van der Waals surface area (Å²) in [4.78, 5) is 14.7. The first kappa shape index (κ1) is 11.5. The fourth-order valence-corrected chi connectivity index (χ4v) is 3.12. The lowest BCUT2D eigenvalue weighted by atomic mass is 10.0. The van der Waals surface area contributed by atoms with E-state index in [4.69, 9.17) is 4.74 Å². The summed E-state index contributed by atoms with van der Waals surface area (Å²) in [7, 11) is 0. The zero-order valence-electron chi connectivity index (χ0n) is 10.7. The number of nitrogens with one attached hydrogen (secondary N) is 1. The van der Waals surface area contributed by atoms with Gasteiger partial charge in [0.15, 0.2) is 0 Å². The fourth-order valence-electron chi connectivity index (χ4n) is 3.12. The van der Waals surface area contributed by atoms with Gasteiger partial charge in [0, 0.05) is 19.3 Å². The number of carbonyl (C=O) groups excluding carboxylic acids is 1. The Morgan fingerprint density at radius 3 is 2.53 bits per heavy atom. The zero-order valence-corrected chi connectivity index (χ0v) is 10.7. The minimum atomic E-state index is -0.173. The summed E-state index contributed by atoms with van der Waals surface area (Å²) in [5.74, 6) is 0.824. The molecule has 2 aliphatic heterocycles. The second-order valence-electron chi connectivity index (χ2n) is 5.97. The molecule has 96 valence electrons. The first-order valence-corrected chi connectivity index (χ1v) is 6.82. The lowest BCUT2D eigenvalue weighted by molar-refractivity contribution is -0.135. The van der Waals surface area contributed by atoms with E-state index in [-0.39, 0.29) is 11.7 Å². The number of hydrogen-bond acceptors (Lipinski definition) is 3. The smallest absolute Gasteiger partial charge is 0.244 e. The molecular formula is C13H22N2O2. The van der Waals surface area contributed by atoms with Crippen LogP contribution in [0.4, 0.5) is 0 Å². The van der Waals surface area contributed by atoms with Gasteiger partial charge in [-0.3, -0.25) is 10.1 Å². The van der Waals surface area contributed by atoms with Crippen LogP contribution in [0.25, 0.3) is 0 Å². The Morgan fingerprint density at radius 1 is 1.35 bits per heavy atom. The van der Waals surface area contributed by atoms with Crippen LogP contribution in [-0.2, 0) is 9.53 Å². The molecule has 4 nitrogen and oxygen atoms in total. The van der Waals surface area contributed by atoms with Crippen molar-refractivity contribution in [1.29, 1.82) is 0 Å². The van der Waals surface area contributed by atoms with Crippen LogP contribution in [-0.4, -0.2) is 41.8 Å². The molecule has 1 spiro atoms. The molecule has 1 amide bonds. The predicted octanol–water partition coefficient (Wildman–Crippen LogP) is 1.11. The highest BCUT2D eigenvalue weighted by molar-refractivity contribution is 5.92. The highest BCUT2D eigenvalue weighted by Gasteiger charge is 2.60. The van der Waals surface area contributed by atoms with Gasteiger partial charge in [-0.15, -0.1) is 0 Å². The Kier molecular flexibility index (Phi) is 2.67. The van der Waals surface area contributed by atoms with E-state index in [0.29, 0.717) is 17.9 Å². The summed E-state index contributed by atoms with van der Waals surface area (Å²) in [6.07, 6.45) is 4.26. The molecule has 4 heteroatoms. The average molecular weight is 238 g/mol. The predicted molar refractivity (Wildman–Crippen MR) is 64.4 cm³/mol. The van der Waals surface area contributed by atoms with E-state index >= 15 is 0 Å². The van der Waals surface area contributed by atoms with Crippen LogP contribution in [0, 0.1) is 5.92 Å². The molecule has 0 bridgehead atoms. The molecule has 2 saturated heterocycles. The molecule has 3 aliphatic rings. The van der Waals surface area contributed by atoms with Crippen LogP contribution < -0.4 is 5.32 Å². The van der Waals surface area contributed by atoms with Gasteiger partial charge >= 0.3 is 0 Å². The van der Waals surface area contributed by atoms with Crippen LogP contribution in [0.5, 0.6) is 0 Å². The molecule has 17 heavy (non-hydrogen) atoms. The van der Waals surface area contributed by atoms with Crippen molar-refractivity contribution in [2.75, 3.05) is 13.2 Å². The maximum Gasteiger partial charge on any atom is 0.244 e. The largest absolute Gasteiger partial charge is 0.381 e. The van der Waals surface area contributed by atoms with Gasteiger partial charge in [-0.05, 0) is 31.6 Å². The highest BCUT2D eigenvalue weighted by Crippen LogP contribution is 2.44. The van der Waals surface area contributed by atoms with Crippen molar-refractivity contribution in [3.8, 4) is 0 Å². The van der Waals surface area contributed by atoms with Gasteiger partial charge in [0.25, 0.3) is 0 Å². The van der Waals surface area contributed by atoms with Gasteiger partial charge in [0.1, 0.15) is 0 Å². The molecule has 1 aliphatic carbocycles. The number of rotatable bonds is 2. The zero-order chi connectivity index (χ0) is 12.0. The monoisotopic (exact) mass is 238 g/mol. The standard InChI is InChI=1S/C13H22N2O2/c1-9(2)11-14-13(5-6-13)12(16)15(11)10-3-7-17-8-4-10/h9-11,14H,3-8H2,1-2H3. The quantitative estimate of drug-likeness (QED) is 0.783. The Hall–Kier alpha value is -0.610. The van der Waals surface area contributed by atoms with E-state index in [1.807, 2.05) is 0 Å². The Bertz CT molecular complexity index is 319. The highest BCUT2D eigenvalue weighted by atomic mass is 16.5. The topological polar surface area (TPSA) is 41.6 Å². The van der Waals surface area contributed by atoms with Crippen LogP contribution >= 0.6 is 0 Å². The molecule has 0 aromatic heterocycles. The first-order valence-electron chi connectivity index (χ1n) is 6.82. The average Bonchev–Trinajstić information content (AvgIpc) is 3.03. The van der Waals surface area contributed by atoms with Gasteiger partial charge in [0.05, 0.1) is 11.7 Å². The van der Waals surface area contributed by atoms with Crippen molar-refractivity contribution in [1.82, 2.24) is 10.2 Å². The molecule has 1 atom stereocenters. The van der Waals surface area contributed by atoms with E-state index in [1.54, 1.807) is 0 Å². The molecule has 3 fully saturated rings. The normalized spacial score (nSPS) is 32.8. The van der Waals surface area contributed by atoms with Gasteiger partial charge in [-0.25, -0.2) is 0 Å². The molecule has 1 N–H and O–H groups in total. The van der Waals surface area contributed by atoms with Crippen LogP contribution in [0.15, 0.2) is 0 Å². The van der Waals surface area contributed by atoms with E-state index < -0.39 is 0 Å². The van der Waals surface area contributed by atoms with E-state index in [1.165, 1.54) is 0 Å². The summed E-state index contributed by atoms with van der Waals surface area (Å²) >= 11 is 0. The van der Waals surface area contributed by atoms with Crippen LogP contribution in [0.3, 0.4) is 0 Å². The summed E-state index contributed by atoms with van der Waals surface area (Å²) in [6, 6.07) is 0.385. The number of amides is 1. The summed E-state index contributed by atoms with van der Waals surface area (Å²) in [5, 5.41) is 3.57. The van der Waals surface area contributed by atoms with Crippen molar-refractivity contribution >= 4 is 5.91 Å². The molecule has 0 radical (unpaired) electrons. The van der Waals surface area contributed by atoms with Crippen molar-refractivity contribution in [3.05, 3.63) is 0 Å². The second-order valence-corrected chi connectivity index (χ2v) is 5.97. The summed E-state index contributed by atoms with van der Waals surface area (Å²) in [5.41, 5.74) is -0.173. The van der Waals surface area contributed by atoms with Crippen molar-refractivity contribution in [3.63, 3.8) is 0 Å². The Labute approximate surface area is 103 Å².